The van der Waals surface area contributed by atoms with Crippen LogP contribution in [0, 0.1) is 6.92 Å². The highest BCUT2D eigenvalue weighted by molar-refractivity contribution is 7.16. The second-order valence-electron chi connectivity index (χ2n) is 5.24. The average Bonchev–Trinajstić information content (AvgIpc) is 3.06. The van der Waals surface area contributed by atoms with Crippen molar-refractivity contribution in [2.75, 3.05) is 6.54 Å². The zero-order valence-electron chi connectivity index (χ0n) is 12.7. The lowest BCUT2D eigenvalue weighted by Gasteiger charge is -2.19. The molecule has 0 saturated heterocycles. The van der Waals surface area contributed by atoms with Crippen LogP contribution in [-0.4, -0.2) is 20.8 Å². The van der Waals surface area contributed by atoms with Gasteiger partial charge in [0.1, 0.15) is 0 Å². The molecule has 0 amide bonds. The largest absolute Gasteiger partial charge is 0.289 e. The molecule has 0 saturated carbocycles. The zero-order chi connectivity index (χ0) is 16.4. The highest BCUT2D eigenvalue weighted by atomic mass is 35.5. The van der Waals surface area contributed by atoms with E-state index >= 15 is 0 Å². The fourth-order valence-corrected chi connectivity index (χ4v) is 4.46. The molecule has 4 nitrogen and oxygen atoms in total. The Balaban J connectivity index is 1.84. The van der Waals surface area contributed by atoms with Gasteiger partial charge in [-0.2, -0.15) is 0 Å². The molecule has 0 aliphatic heterocycles. The van der Waals surface area contributed by atoms with Crippen LogP contribution < -0.4 is 5.56 Å². The Labute approximate surface area is 147 Å². The molecular weight excluding hydrogens is 350 g/mol. The first-order valence-corrected chi connectivity index (χ1v) is 9.18. The maximum Gasteiger partial charge on any atom is 0.259 e. The first-order chi connectivity index (χ1) is 11.1. The van der Waals surface area contributed by atoms with Crippen molar-refractivity contribution in [2.45, 2.75) is 20.0 Å². The van der Waals surface area contributed by atoms with Gasteiger partial charge in [0.25, 0.3) is 5.56 Å². The number of hydrogen-bond donors (Lipinski definition) is 0. The van der Waals surface area contributed by atoms with Crippen molar-refractivity contribution >= 4 is 39.2 Å². The van der Waals surface area contributed by atoms with Crippen LogP contribution in [0.2, 0.25) is 4.34 Å². The van der Waals surface area contributed by atoms with E-state index in [0.717, 1.165) is 33.8 Å². The molecule has 23 heavy (non-hydrogen) atoms. The third-order valence-electron chi connectivity index (χ3n) is 3.41. The standard InChI is InChI=1S/C16H16ClN3OS2/c1-3-6-19(9-13-4-5-14(17)23-13)8-12-7-15(21)20-11(2)10-22-16(20)18-12/h3-5,7,10H,1,6,8-9H2,2H3. The minimum absolute atomic E-state index is 0.0264. The molecule has 3 rings (SSSR count). The number of hydrogen-bond acceptors (Lipinski definition) is 5. The number of aromatic nitrogens is 2. The van der Waals surface area contributed by atoms with E-state index in [1.165, 1.54) is 16.2 Å². The van der Waals surface area contributed by atoms with Crippen molar-refractivity contribution in [3.8, 4) is 0 Å². The molecule has 0 unspecified atom stereocenters. The van der Waals surface area contributed by atoms with E-state index in [1.54, 1.807) is 21.8 Å². The van der Waals surface area contributed by atoms with E-state index < -0.39 is 0 Å². The van der Waals surface area contributed by atoms with Gasteiger partial charge in [-0.05, 0) is 19.1 Å². The normalized spacial score (nSPS) is 11.4. The number of thiophene rings is 1. The SMILES string of the molecule is C=CCN(Cc1cc(=O)n2c(C)csc2n1)Cc1ccc(Cl)s1. The van der Waals surface area contributed by atoms with Gasteiger partial charge in [0.15, 0.2) is 4.96 Å². The maximum absolute atomic E-state index is 12.3. The number of halogens is 1. The van der Waals surface area contributed by atoms with E-state index in [1.807, 2.05) is 30.5 Å². The van der Waals surface area contributed by atoms with Crippen LogP contribution in [0.15, 0.2) is 41.0 Å². The minimum atomic E-state index is -0.0264. The summed E-state index contributed by atoms with van der Waals surface area (Å²) in [5.74, 6) is 0. The molecule has 0 radical (unpaired) electrons. The molecule has 0 bridgehead atoms. The summed E-state index contributed by atoms with van der Waals surface area (Å²) >= 11 is 9.05. The molecule has 3 aromatic heterocycles. The number of aryl methyl sites for hydroxylation is 1. The molecule has 3 heterocycles. The summed E-state index contributed by atoms with van der Waals surface area (Å²) in [6.07, 6.45) is 1.86. The molecule has 3 aromatic rings. The maximum atomic E-state index is 12.3. The van der Waals surface area contributed by atoms with Crippen LogP contribution >= 0.6 is 34.3 Å². The molecule has 0 N–H and O–H groups in total. The van der Waals surface area contributed by atoms with Gasteiger partial charge in [-0.1, -0.05) is 17.7 Å². The van der Waals surface area contributed by atoms with Crippen LogP contribution in [0.25, 0.3) is 4.96 Å². The summed E-state index contributed by atoms with van der Waals surface area (Å²) in [5.41, 5.74) is 1.67. The highest BCUT2D eigenvalue weighted by Gasteiger charge is 2.11. The number of thiazole rings is 1. The Bertz CT molecular complexity index is 896. The molecule has 0 aliphatic carbocycles. The van der Waals surface area contributed by atoms with E-state index in [9.17, 15) is 4.79 Å². The summed E-state index contributed by atoms with van der Waals surface area (Å²) in [6.45, 7) is 7.81. The lowest BCUT2D eigenvalue weighted by molar-refractivity contribution is 0.285. The fourth-order valence-electron chi connectivity index (χ4n) is 2.44. The summed E-state index contributed by atoms with van der Waals surface area (Å²) < 4.78 is 2.43. The Morgan fingerprint density at radius 3 is 2.96 bits per heavy atom. The van der Waals surface area contributed by atoms with Gasteiger partial charge >= 0.3 is 0 Å². The Kier molecular flexibility index (Phi) is 4.96. The lowest BCUT2D eigenvalue weighted by Crippen LogP contribution is -2.25. The number of rotatable bonds is 6. The van der Waals surface area contributed by atoms with E-state index in [2.05, 4.69) is 16.5 Å². The van der Waals surface area contributed by atoms with Crippen LogP contribution in [0.5, 0.6) is 0 Å². The summed E-state index contributed by atoms with van der Waals surface area (Å²) in [6, 6.07) is 5.54. The van der Waals surface area contributed by atoms with Crippen LogP contribution in [-0.2, 0) is 13.1 Å². The summed E-state index contributed by atoms with van der Waals surface area (Å²) in [4.78, 5) is 21.0. The minimum Gasteiger partial charge on any atom is -0.289 e. The van der Waals surface area contributed by atoms with Crippen molar-refractivity contribution in [3.63, 3.8) is 0 Å². The van der Waals surface area contributed by atoms with Crippen LogP contribution in [0.3, 0.4) is 0 Å². The van der Waals surface area contributed by atoms with Crippen molar-refractivity contribution in [3.05, 3.63) is 67.2 Å². The molecule has 0 aliphatic rings. The molecule has 0 atom stereocenters. The van der Waals surface area contributed by atoms with Gasteiger partial charge in [0, 0.05) is 41.7 Å². The van der Waals surface area contributed by atoms with Crippen LogP contribution in [0.1, 0.15) is 16.3 Å². The number of fused-ring (bicyclic) bond motifs is 1. The highest BCUT2D eigenvalue weighted by Crippen LogP contribution is 2.23. The molecule has 120 valence electrons. The van der Waals surface area contributed by atoms with E-state index in [4.69, 9.17) is 11.6 Å². The fraction of sp³-hybridized carbons (Fsp3) is 0.250. The smallest absolute Gasteiger partial charge is 0.259 e. The molecule has 0 aromatic carbocycles. The second-order valence-corrected chi connectivity index (χ2v) is 7.88. The van der Waals surface area contributed by atoms with Gasteiger partial charge in [-0.15, -0.1) is 29.3 Å². The van der Waals surface area contributed by atoms with E-state index in [-0.39, 0.29) is 5.56 Å². The summed E-state index contributed by atoms with van der Waals surface area (Å²) in [7, 11) is 0. The Morgan fingerprint density at radius 2 is 2.26 bits per heavy atom. The van der Waals surface area contributed by atoms with Crippen molar-refractivity contribution in [1.29, 1.82) is 0 Å². The van der Waals surface area contributed by atoms with Crippen molar-refractivity contribution in [1.82, 2.24) is 14.3 Å². The van der Waals surface area contributed by atoms with Gasteiger partial charge < -0.3 is 0 Å². The van der Waals surface area contributed by atoms with Gasteiger partial charge in [-0.3, -0.25) is 14.1 Å². The number of nitrogens with zero attached hydrogens (tertiary/aromatic N) is 3. The predicted molar refractivity (Wildman–Crippen MR) is 97.7 cm³/mol. The Hall–Kier alpha value is -1.47. The molecule has 0 spiro atoms. The third kappa shape index (κ3) is 3.72. The van der Waals surface area contributed by atoms with Gasteiger partial charge in [-0.25, -0.2) is 4.98 Å². The molecular formula is C16H16ClN3OS2. The van der Waals surface area contributed by atoms with E-state index in [0.29, 0.717) is 6.54 Å². The molecule has 7 heteroatoms. The first kappa shape index (κ1) is 16.4. The van der Waals surface area contributed by atoms with Crippen LogP contribution in [0.4, 0.5) is 0 Å². The second kappa shape index (κ2) is 6.97. The first-order valence-electron chi connectivity index (χ1n) is 7.11. The zero-order valence-corrected chi connectivity index (χ0v) is 15.0. The summed E-state index contributed by atoms with van der Waals surface area (Å²) in [5, 5.41) is 1.95. The molecule has 0 fully saturated rings. The van der Waals surface area contributed by atoms with Gasteiger partial charge in [0.05, 0.1) is 10.0 Å². The monoisotopic (exact) mass is 365 g/mol. The third-order valence-corrected chi connectivity index (χ3v) is 5.57. The Morgan fingerprint density at radius 1 is 1.43 bits per heavy atom. The average molecular weight is 366 g/mol. The lowest BCUT2D eigenvalue weighted by atomic mass is 10.3. The quantitative estimate of drug-likeness (QED) is 0.620. The van der Waals surface area contributed by atoms with Crippen molar-refractivity contribution in [2.24, 2.45) is 0 Å². The van der Waals surface area contributed by atoms with Crippen molar-refractivity contribution < 1.29 is 0 Å². The predicted octanol–water partition coefficient (Wildman–Crippen LogP) is 3.97. The topological polar surface area (TPSA) is 37.6 Å². The van der Waals surface area contributed by atoms with Gasteiger partial charge in [0.2, 0.25) is 0 Å².